The van der Waals surface area contributed by atoms with Gasteiger partial charge in [-0.15, -0.1) is 0 Å². The maximum atomic E-state index is 13.5. The molecule has 1 amide bonds. The lowest BCUT2D eigenvalue weighted by Gasteiger charge is -2.20. The number of aromatic nitrogens is 3. The van der Waals surface area contributed by atoms with E-state index in [1.54, 1.807) is 30.6 Å². The molecule has 8 nitrogen and oxygen atoms in total. The summed E-state index contributed by atoms with van der Waals surface area (Å²) in [5.74, 6) is 6.46. The topological polar surface area (TPSA) is 104 Å². The molecule has 2 aromatic carbocycles. The Kier molecular flexibility index (Phi) is 6.88. The molecule has 1 fully saturated rings. The lowest BCUT2D eigenvalue weighted by atomic mass is 10.1. The van der Waals surface area contributed by atoms with E-state index in [1.165, 1.54) is 29.1 Å². The molecule has 1 aliphatic carbocycles. The monoisotopic (exact) mass is 511 g/mol. The number of carbonyl (C=O) groups excluding carboxylic acids is 1. The number of hydrogen-bond acceptors (Lipinski definition) is 6. The van der Waals surface area contributed by atoms with Crippen LogP contribution in [0.3, 0.4) is 0 Å². The van der Waals surface area contributed by atoms with Crippen LogP contribution >= 0.6 is 23.2 Å². The number of ether oxygens (including phenoxy) is 1. The smallest absolute Gasteiger partial charge is 0.259 e. The van der Waals surface area contributed by atoms with Gasteiger partial charge in [-0.2, -0.15) is 5.10 Å². The number of fused-ring (bicyclic) bond motifs is 1. The highest BCUT2D eigenvalue weighted by atomic mass is 35.5. The Balaban J connectivity index is 1.43. The standard InChI is InChI=1S/C25H23Cl2N5O3/c26-18-7-6-17(21(27)12-18)10-19(14-34-28)31-25(33)23-22(13-30-32-9-8-29-24(23)32)35-20-3-1-2-16(11-20)15-4-5-15/h1-3,6-9,11-13,15,19H,4-5,10,14,28H2,(H,31,33). The highest BCUT2D eigenvalue weighted by Crippen LogP contribution is 2.41. The predicted molar refractivity (Wildman–Crippen MR) is 133 cm³/mol. The molecule has 4 aromatic rings. The molecule has 0 aliphatic heterocycles. The van der Waals surface area contributed by atoms with Crippen molar-refractivity contribution in [2.75, 3.05) is 6.61 Å². The van der Waals surface area contributed by atoms with E-state index < -0.39 is 11.9 Å². The number of imidazole rings is 1. The third-order valence-electron chi connectivity index (χ3n) is 5.87. The van der Waals surface area contributed by atoms with Crippen molar-refractivity contribution in [1.29, 1.82) is 0 Å². The Hall–Kier alpha value is -3.17. The molecular weight excluding hydrogens is 489 g/mol. The zero-order chi connectivity index (χ0) is 24.4. The fraction of sp³-hybridized carbons (Fsp3) is 0.240. The molecule has 3 N–H and O–H groups in total. The number of rotatable bonds is 9. The van der Waals surface area contributed by atoms with Crippen LogP contribution in [-0.4, -0.2) is 33.2 Å². The van der Waals surface area contributed by atoms with Gasteiger partial charge in [-0.1, -0.05) is 41.4 Å². The molecule has 0 bridgehead atoms. The van der Waals surface area contributed by atoms with E-state index in [1.807, 2.05) is 18.2 Å². The van der Waals surface area contributed by atoms with Gasteiger partial charge in [0.25, 0.3) is 5.91 Å². The normalized spacial score (nSPS) is 14.1. The number of amides is 1. The fourth-order valence-electron chi connectivity index (χ4n) is 4.00. The maximum Gasteiger partial charge on any atom is 0.259 e. The Labute approximate surface area is 211 Å². The molecule has 180 valence electrons. The predicted octanol–water partition coefficient (Wildman–Crippen LogP) is 4.94. The van der Waals surface area contributed by atoms with E-state index in [-0.39, 0.29) is 12.2 Å². The van der Waals surface area contributed by atoms with Gasteiger partial charge in [-0.3, -0.25) is 4.79 Å². The van der Waals surface area contributed by atoms with Crippen molar-refractivity contribution in [2.45, 2.75) is 31.2 Å². The van der Waals surface area contributed by atoms with Crippen LogP contribution in [0.1, 0.15) is 40.2 Å². The van der Waals surface area contributed by atoms with E-state index in [2.05, 4.69) is 21.5 Å². The van der Waals surface area contributed by atoms with Crippen LogP contribution in [0.4, 0.5) is 0 Å². The van der Waals surface area contributed by atoms with Crippen LogP contribution in [0, 0.1) is 0 Å². The van der Waals surface area contributed by atoms with Gasteiger partial charge in [0.05, 0.1) is 18.8 Å². The zero-order valence-electron chi connectivity index (χ0n) is 18.7. The number of benzene rings is 2. The lowest BCUT2D eigenvalue weighted by molar-refractivity contribution is 0.0839. The average Bonchev–Trinajstić information content (AvgIpc) is 3.58. The first-order chi connectivity index (χ1) is 17.0. The summed E-state index contributed by atoms with van der Waals surface area (Å²) in [6.07, 6.45) is 7.50. The summed E-state index contributed by atoms with van der Waals surface area (Å²) in [5.41, 5.74) is 2.65. The van der Waals surface area contributed by atoms with Crippen LogP contribution in [-0.2, 0) is 11.3 Å². The first kappa shape index (κ1) is 23.6. The van der Waals surface area contributed by atoms with Gasteiger partial charge in [-0.25, -0.2) is 15.4 Å². The third kappa shape index (κ3) is 5.41. The van der Waals surface area contributed by atoms with Crippen LogP contribution in [0.5, 0.6) is 11.5 Å². The second-order valence-corrected chi connectivity index (χ2v) is 9.32. The first-order valence-electron chi connectivity index (χ1n) is 11.2. The minimum atomic E-state index is -0.472. The van der Waals surface area contributed by atoms with Gasteiger partial charge >= 0.3 is 0 Å². The quantitative estimate of drug-likeness (QED) is 0.308. The molecule has 5 rings (SSSR count). The van der Waals surface area contributed by atoms with Crippen molar-refractivity contribution in [1.82, 2.24) is 19.9 Å². The van der Waals surface area contributed by atoms with Crippen molar-refractivity contribution in [3.05, 3.63) is 87.8 Å². The van der Waals surface area contributed by atoms with Crippen molar-refractivity contribution < 1.29 is 14.4 Å². The third-order valence-corrected chi connectivity index (χ3v) is 6.45. The van der Waals surface area contributed by atoms with E-state index >= 15 is 0 Å². The van der Waals surface area contributed by atoms with Crippen LogP contribution in [0.2, 0.25) is 10.0 Å². The second kappa shape index (κ2) is 10.2. The highest BCUT2D eigenvalue weighted by molar-refractivity contribution is 6.35. The first-order valence-corrected chi connectivity index (χ1v) is 11.9. The fourth-order valence-corrected chi connectivity index (χ4v) is 4.49. The molecule has 35 heavy (non-hydrogen) atoms. The summed E-state index contributed by atoms with van der Waals surface area (Å²) in [6, 6.07) is 12.6. The molecular formula is C25H23Cl2N5O3. The number of halogens is 2. The maximum absolute atomic E-state index is 13.5. The van der Waals surface area contributed by atoms with Crippen molar-refractivity contribution in [3.63, 3.8) is 0 Å². The molecule has 1 unspecified atom stereocenters. The van der Waals surface area contributed by atoms with Crippen LogP contribution < -0.4 is 16.0 Å². The van der Waals surface area contributed by atoms with Gasteiger partial charge in [0.1, 0.15) is 11.3 Å². The largest absolute Gasteiger partial charge is 0.455 e. The average molecular weight is 512 g/mol. The zero-order valence-corrected chi connectivity index (χ0v) is 20.2. The van der Waals surface area contributed by atoms with Crippen LogP contribution in [0.15, 0.2) is 61.1 Å². The molecule has 2 heterocycles. The van der Waals surface area contributed by atoms with Gasteiger partial charge < -0.3 is 14.9 Å². The van der Waals surface area contributed by atoms with Gasteiger partial charge in [0.15, 0.2) is 11.4 Å². The van der Waals surface area contributed by atoms with E-state index in [0.29, 0.717) is 39.5 Å². The Bertz CT molecular complexity index is 1370. The van der Waals surface area contributed by atoms with Crippen molar-refractivity contribution >= 4 is 34.8 Å². The Morgan fingerprint density at radius 2 is 2.09 bits per heavy atom. The van der Waals surface area contributed by atoms with E-state index in [9.17, 15) is 4.79 Å². The van der Waals surface area contributed by atoms with E-state index in [4.69, 9.17) is 38.7 Å². The molecule has 0 spiro atoms. The van der Waals surface area contributed by atoms with Gasteiger partial charge in [0.2, 0.25) is 0 Å². The lowest BCUT2D eigenvalue weighted by Crippen LogP contribution is -2.41. The number of hydrogen-bond donors (Lipinski definition) is 2. The number of carbonyl (C=O) groups is 1. The molecule has 0 saturated heterocycles. The van der Waals surface area contributed by atoms with Crippen LogP contribution in [0.25, 0.3) is 5.65 Å². The summed E-state index contributed by atoms with van der Waals surface area (Å²) < 4.78 is 7.67. The summed E-state index contributed by atoms with van der Waals surface area (Å²) >= 11 is 12.3. The molecule has 10 heteroatoms. The molecule has 1 saturated carbocycles. The summed E-state index contributed by atoms with van der Waals surface area (Å²) in [5, 5.41) is 8.33. The Morgan fingerprint density at radius 1 is 1.23 bits per heavy atom. The summed E-state index contributed by atoms with van der Waals surface area (Å²) in [6.45, 7) is 0.0696. The van der Waals surface area contributed by atoms with Gasteiger partial charge in [0, 0.05) is 22.4 Å². The minimum absolute atomic E-state index is 0.0696. The minimum Gasteiger partial charge on any atom is -0.455 e. The highest BCUT2D eigenvalue weighted by Gasteiger charge is 2.25. The SMILES string of the molecule is NOCC(Cc1ccc(Cl)cc1Cl)NC(=O)c1c(Oc2cccc(C3CC3)c2)cnn2ccnc12. The number of nitrogens with one attached hydrogen (secondary N) is 1. The Morgan fingerprint density at radius 3 is 2.86 bits per heavy atom. The molecule has 1 atom stereocenters. The molecule has 2 aromatic heterocycles. The van der Waals surface area contributed by atoms with Crippen molar-refractivity contribution in [3.8, 4) is 11.5 Å². The van der Waals surface area contributed by atoms with E-state index in [0.717, 1.165) is 5.56 Å². The molecule has 0 radical (unpaired) electrons. The number of nitrogens with two attached hydrogens (primary N) is 1. The second-order valence-electron chi connectivity index (χ2n) is 8.47. The summed E-state index contributed by atoms with van der Waals surface area (Å²) in [7, 11) is 0. The van der Waals surface area contributed by atoms with Crippen molar-refractivity contribution in [2.24, 2.45) is 5.90 Å². The van der Waals surface area contributed by atoms with Gasteiger partial charge in [-0.05, 0) is 60.6 Å². The molecule has 1 aliphatic rings. The number of nitrogens with zero attached hydrogens (tertiary/aromatic N) is 3. The summed E-state index contributed by atoms with van der Waals surface area (Å²) in [4.78, 5) is 22.7.